The molecular weight excluding hydrogens is 404 g/mol. The molecule has 0 unspecified atom stereocenters. The van der Waals surface area contributed by atoms with Crippen LogP contribution in [0.5, 0.6) is 0 Å². The molecule has 2 aromatic rings. The van der Waals surface area contributed by atoms with Crippen LogP contribution in [0.4, 0.5) is 0 Å². The Hall–Kier alpha value is -1.26. The summed E-state index contributed by atoms with van der Waals surface area (Å²) in [6.45, 7) is 0.201. The number of nitrogens with zero attached hydrogens (tertiary/aromatic N) is 1. The molecule has 2 N–H and O–H groups in total. The van der Waals surface area contributed by atoms with E-state index >= 15 is 0 Å². The molecule has 9 heteroatoms. The van der Waals surface area contributed by atoms with Crippen LogP contribution in [0, 0.1) is 0 Å². The smallest absolute Gasteiger partial charge is 0.225 e. The van der Waals surface area contributed by atoms with Crippen molar-refractivity contribution in [3.8, 4) is 0 Å². The van der Waals surface area contributed by atoms with E-state index < -0.39 is 20.0 Å². The summed E-state index contributed by atoms with van der Waals surface area (Å²) in [4.78, 5) is -0.128. The lowest BCUT2D eigenvalue weighted by Gasteiger charge is -2.17. The van der Waals surface area contributed by atoms with E-state index in [1.807, 2.05) is 24.3 Å². The average Bonchev–Trinajstić information content (AvgIpc) is 2.48. The number of sulfonamides is 2. The zero-order chi connectivity index (χ0) is 17.3. The van der Waals surface area contributed by atoms with Crippen LogP contribution in [0.1, 0.15) is 5.56 Å². The van der Waals surface area contributed by atoms with Crippen molar-refractivity contribution in [2.75, 3.05) is 7.05 Å². The zero-order valence-corrected chi connectivity index (χ0v) is 15.4. The predicted molar refractivity (Wildman–Crippen MR) is 90.6 cm³/mol. The average molecular weight is 419 g/mol. The molecule has 0 bridgehead atoms. The third-order valence-corrected chi connectivity index (χ3v) is 6.45. The van der Waals surface area contributed by atoms with Crippen LogP contribution in [0.2, 0.25) is 0 Å². The maximum absolute atomic E-state index is 12.5. The van der Waals surface area contributed by atoms with Gasteiger partial charge in [-0.3, -0.25) is 0 Å². The highest BCUT2D eigenvalue weighted by atomic mass is 79.9. The summed E-state index contributed by atoms with van der Waals surface area (Å²) in [7, 11) is -6.11. The van der Waals surface area contributed by atoms with Crippen LogP contribution in [0.3, 0.4) is 0 Å². The number of rotatable bonds is 5. The number of hydrogen-bond acceptors (Lipinski definition) is 4. The Bertz CT molecular complexity index is 893. The SMILES string of the molecule is CN(Cc1ccc(Br)cc1)S(=O)(=O)c1ccc(S(N)(=O)=O)cc1. The molecule has 2 aromatic carbocycles. The third kappa shape index (κ3) is 4.39. The van der Waals surface area contributed by atoms with Gasteiger partial charge in [0.15, 0.2) is 0 Å². The van der Waals surface area contributed by atoms with Gasteiger partial charge >= 0.3 is 0 Å². The van der Waals surface area contributed by atoms with Gasteiger partial charge in [0.2, 0.25) is 20.0 Å². The van der Waals surface area contributed by atoms with E-state index in [2.05, 4.69) is 15.9 Å². The van der Waals surface area contributed by atoms with E-state index in [1.54, 1.807) is 0 Å². The van der Waals surface area contributed by atoms with E-state index in [0.29, 0.717) is 0 Å². The molecule has 6 nitrogen and oxygen atoms in total. The fourth-order valence-electron chi connectivity index (χ4n) is 1.91. The Labute approximate surface area is 144 Å². The minimum atomic E-state index is -3.85. The second-order valence-corrected chi connectivity index (χ2v) is 9.43. The normalized spacial score (nSPS) is 12.5. The lowest BCUT2D eigenvalue weighted by Crippen LogP contribution is -2.26. The van der Waals surface area contributed by atoms with E-state index in [0.717, 1.165) is 10.0 Å². The molecule has 0 radical (unpaired) electrons. The Kier molecular flexibility index (Phi) is 5.27. The van der Waals surface area contributed by atoms with Crippen LogP contribution < -0.4 is 5.14 Å². The van der Waals surface area contributed by atoms with Gasteiger partial charge in [0.05, 0.1) is 9.79 Å². The molecule has 0 atom stereocenters. The summed E-state index contributed by atoms with van der Waals surface area (Å²) in [6.07, 6.45) is 0. The molecule has 124 valence electrons. The minimum Gasteiger partial charge on any atom is -0.225 e. The summed E-state index contributed by atoms with van der Waals surface area (Å²) in [6, 6.07) is 12.1. The number of nitrogens with two attached hydrogens (primary N) is 1. The van der Waals surface area contributed by atoms with E-state index in [-0.39, 0.29) is 16.3 Å². The molecule has 0 aromatic heterocycles. The molecule has 0 aliphatic carbocycles. The van der Waals surface area contributed by atoms with Gasteiger partial charge in [-0.15, -0.1) is 0 Å². The molecule has 0 saturated carbocycles. The highest BCUT2D eigenvalue weighted by Crippen LogP contribution is 2.19. The van der Waals surface area contributed by atoms with Gasteiger partial charge in [-0.05, 0) is 42.0 Å². The first-order valence-electron chi connectivity index (χ1n) is 6.44. The summed E-state index contributed by atoms with van der Waals surface area (Å²) >= 11 is 3.32. The third-order valence-electron chi connectivity index (χ3n) is 3.18. The lowest BCUT2D eigenvalue weighted by atomic mass is 10.2. The molecule has 0 amide bonds. The second kappa shape index (κ2) is 6.70. The maximum atomic E-state index is 12.5. The first kappa shape index (κ1) is 18.1. The summed E-state index contributed by atoms with van der Waals surface area (Å²) in [5.41, 5.74) is 0.834. The Balaban J connectivity index is 2.25. The van der Waals surface area contributed by atoms with Crippen molar-refractivity contribution < 1.29 is 16.8 Å². The molecule has 0 fully saturated rings. The molecule has 0 saturated heterocycles. The van der Waals surface area contributed by atoms with Crippen molar-refractivity contribution in [3.63, 3.8) is 0 Å². The number of hydrogen-bond donors (Lipinski definition) is 1. The quantitative estimate of drug-likeness (QED) is 0.801. The number of benzene rings is 2. The molecule has 2 rings (SSSR count). The molecule has 0 heterocycles. The van der Waals surface area contributed by atoms with Gasteiger partial charge < -0.3 is 0 Å². The van der Waals surface area contributed by atoms with Gasteiger partial charge in [0.25, 0.3) is 0 Å². The van der Waals surface area contributed by atoms with Crippen molar-refractivity contribution in [3.05, 3.63) is 58.6 Å². The van der Waals surface area contributed by atoms with Crippen LogP contribution in [-0.4, -0.2) is 28.2 Å². The Morgan fingerprint density at radius 2 is 1.39 bits per heavy atom. The highest BCUT2D eigenvalue weighted by molar-refractivity contribution is 9.10. The van der Waals surface area contributed by atoms with Crippen molar-refractivity contribution >= 4 is 36.0 Å². The van der Waals surface area contributed by atoms with Crippen LogP contribution in [0.15, 0.2) is 62.8 Å². The molecular formula is C14H15BrN2O4S2. The number of primary sulfonamides is 1. The van der Waals surface area contributed by atoms with E-state index in [4.69, 9.17) is 5.14 Å². The first-order chi connectivity index (χ1) is 10.6. The Morgan fingerprint density at radius 1 is 0.913 bits per heavy atom. The van der Waals surface area contributed by atoms with Crippen molar-refractivity contribution in [1.29, 1.82) is 0 Å². The van der Waals surface area contributed by atoms with Gasteiger partial charge in [-0.2, -0.15) is 4.31 Å². The van der Waals surface area contributed by atoms with Gasteiger partial charge in [-0.1, -0.05) is 28.1 Å². The highest BCUT2D eigenvalue weighted by Gasteiger charge is 2.21. The summed E-state index contributed by atoms with van der Waals surface area (Å²) < 4.78 is 49.5. The molecule has 0 spiro atoms. The summed E-state index contributed by atoms with van der Waals surface area (Å²) in [5.74, 6) is 0. The van der Waals surface area contributed by atoms with Gasteiger partial charge in [0.1, 0.15) is 0 Å². The van der Waals surface area contributed by atoms with Crippen molar-refractivity contribution in [1.82, 2.24) is 4.31 Å². The van der Waals surface area contributed by atoms with Crippen LogP contribution in [0.25, 0.3) is 0 Å². The predicted octanol–water partition coefficient (Wildman–Crippen LogP) is 1.92. The molecule has 0 aliphatic heterocycles. The monoisotopic (exact) mass is 418 g/mol. The van der Waals surface area contributed by atoms with Crippen molar-refractivity contribution in [2.45, 2.75) is 16.3 Å². The van der Waals surface area contributed by atoms with Crippen LogP contribution in [-0.2, 0) is 26.6 Å². The summed E-state index contributed by atoms with van der Waals surface area (Å²) in [5, 5.41) is 5.00. The maximum Gasteiger partial charge on any atom is 0.243 e. The number of halogens is 1. The van der Waals surface area contributed by atoms with E-state index in [9.17, 15) is 16.8 Å². The fraction of sp³-hybridized carbons (Fsp3) is 0.143. The van der Waals surface area contributed by atoms with E-state index in [1.165, 1.54) is 35.6 Å². The van der Waals surface area contributed by atoms with Crippen LogP contribution >= 0.6 is 15.9 Å². The van der Waals surface area contributed by atoms with Gasteiger partial charge in [0, 0.05) is 18.1 Å². The lowest BCUT2D eigenvalue weighted by molar-refractivity contribution is 0.466. The zero-order valence-electron chi connectivity index (χ0n) is 12.2. The second-order valence-electron chi connectivity index (χ2n) is 4.90. The van der Waals surface area contributed by atoms with Crippen molar-refractivity contribution in [2.24, 2.45) is 5.14 Å². The minimum absolute atomic E-state index is 0.00418. The topological polar surface area (TPSA) is 97.5 Å². The Morgan fingerprint density at radius 3 is 1.87 bits per heavy atom. The molecule has 0 aliphatic rings. The van der Waals surface area contributed by atoms with Gasteiger partial charge in [-0.25, -0.2) is 22.0 Å². The molecule has 23 heavy (non-hydrogen) atoms. The standard InChI is InChI=1S/C14H15BrN2O4S2/c1-17(10-11-2-4-12(15)5-3-11)23(20,21)14-8-6-13(7-9-14)22(16,18)19/h2-9H,10H2,1H3,(H2,16,18,19). The fourth-order valence-corrected chi connectivity index (χ4v) is 3.85. The first-order valence-corrected chi connectivity index (χ1v) is 10.2. The largest absolute Gasteiger partial charge is 0.243 e.